The van der Waals surface area contributed by atoms with Gasteiger partial charge in [0.2, 0.25) is 0 Å². The summed E-state index contributed by atoms with van der Waals surface area (Å²) in [4.78, 5) is 34.9. The zero-order chi connectivity index (χ0) is 20.0. The van der Waals surface area contributed by atoms with Crippen molar-refractivity contribution in [3.63, 3.8) is 0 Å². The van der Waals surface area contributed by atoms with E-state index in [4.69, 9.17) is 4.74 Å². The number of hydrogen-bond donors (Lipinski definition) is 1. The average molecular weight is 390 g/mol. The molecule has 27 heavy (non-hydrogen) atoms. The summed E-state index contributed by atoms with van der Waals surface area (Å²) in [5.74, 6) is -1.06. The van der Waals surface area contributed by atoms with Gasteiger partial charge in [0.15, 0.2) is 6.61 Å². The number of aryl methyl sites for hydroxylation is 1. The monoisotopic (exact) mass is 390 g/mol. The molecule has 1 N–H and O–H groups in total. The highest BCUT2D eigenvalue weighted by Crippen LogP contribution is 2.22. The number of nitro benzene ring substituents is 1. The minimum absolute atomic E-state index is 0.136. The van der Waals surface area contributed by atoms with Crippen LogP contribution in [0.1, 0.15) is 22.8 Å². The Balaban J connectivity index is 2.04. The van der Waals surface area contributed by atoms with Gasteiger partial charge in [0.05, 0.1) is 31.9 Å². The van der Waals surface area contributed by atoms with E-state index in [1.165, 1.54) is 24.3 Å². The Morgan fingerprint density at radius 3 is 2.59 bits per heavy atom. The van der Waals surface area contributed by atoms with Gasteiger partial charge in [0.1, 0.15) is 0 Å². The van der Waals surface area contributed by atoms with Crippen LogP contribution in [-0.4, -0.2) is 33.4 Å². The first-order valence-corrected chi connectivity index (χ1v) is 9.34. The van der Waals surface area contributed by atoms with E-state index in [-0.39, 0.29) is 16.9 Å². The van der Waals surface area contributed by atoms with Gasteiger partial charge in [-0.05, 0) is 24.6 Å². The molecule has 0 saturated heterocycles. The summed E-state index contributed by atoms with van der Waals surface area (Å²) in [5.41, 5.74) is 0.864. The molecule has 1 amide bonds. The van der Waals surface area contributed by atoms with Gasteiger partial charge in [-0.15, -0.1) is 0 Å². The molecule has 0 aliphatic carbocycles. The summed E-state index contributed by atoms with van der Waals surface area (Å²) < 4.78 is 17.0. The molecular weight excluding hydrogens is 372 g/mol. The van der Waals surface area contributed by atoms with Gasteiger partial charge in [-0.3, -0.25) is 19.1 Å². The molecule has 9 heteroatoms. The van der Waals surface area contributed by atoms with Crippen LogP contribution in [0.3, 0.4) is 0 Å². The molecule has 0 aliphatic heterocycles. The van der Waals surface area contributed by atoms with Crippen molar-refractivity contribution in [2.24, 2.45) is 0 Å². The van der Waals surface area contributed by atoms with E-state index in [0.717, 1.165) is 0 Å². The lowest BCUT2D eigenvalue weighted by atomic mass is 10.2. The third-order valence-electron chi connectivity index (χ3n) is 3.65. The predicted octanol–water partition coefficient (Wildman–Crippen LogP) is 2.83. The first kappa shape index (κ1) is 20.2. The lowest BCUT2D eigenvalue weighted by molar-refractivity contribution is -0.384. The summed E-state index contributed by atoms with van der Waals surface area (Å²) in [7, 11) is -1.34. The number of ether oxygens (including phenoxy) is 1. The highest BCUT2D eigenvalue weighted by molar-refractivity contribution is 7.85. The standard InChI is InChI=1S/C18H18N2O6S/c1-3-27(25)16-7-5-4-6-14(16)18(22)26-11-17(21)19-15-10-13(20(23)24)9-8-12(15)2/h4-10H,3,11H2,1-2H3,(H,19,21)/t27-/m1/s1. The van der Waals surface area contributed by atoms with Crippen LogP contribution < -0.4 is 5.32 Å². The molecule has 0 saturated carbocycles. The van der Waals surface area contributed by atoms with Crippen molar-refractivity contribution in [2.75, 3.05) is 17.7 Å². The van der Waals surface area contributed by atoms with Gasteiger partial charge < -0.3 is 10.1 Å². The maximum Gasteiger partial charge on any atom is 0.339 e. The molecule has 0 unspecified atom stereocenters. The van der Waals surface area contributed by atoms with Gasteiger partial charge in [-0.1, -0.05) is 25.1 Å². The fourth-order valence-corrected chi connectivity index (χ4v) is 3.18. The number of carbonyl (C=O) groups excluding carboxylic acids is 2. The minimum atomic E-state index is -1.34. The summed E-state index contributed by atoms with van der Waals surface area (Å²) in [6.45, 7) is 2.84. The largest absolute Gasteiger partial charge is 0.452 e. The van der Waals surface area contributed by atoms with Crippen LogP contribution in [0.4, 0.5) is 11.4 Å². The Morgan fingerprint density at radius 1 is 1.22 bits per heavy atom. The average Bonchev–Trinajstić information content (AvgIpc) is 2.67. The van der Waals surface area contributed by atoms with Crippen molar-refractivity contribution in [1.29, 1.82) is 0 Å². The quantitative estimate of drug-likeness (QED) is 0.441. The van der Waals surface area contributed by atoms with Gasteiger partial charge >= 0.3 is 5.97 Å². The summed E-state index contributed by atoms with van der Waals surface area (Å²) in [6.07, 6.45) is 0. The minimum Gasteiger partial charge on any atom is -0.452 e. The normalized spacial score (nSPS) is 11.5. The fraction of sp³-hybridized carbons (Fsp3) is 0.222. The number of non-ortho nitro benzene ring substituents is 1. The number of rotatable bonds is 7. The van der Waals surface area contributed by atoms with E-state index in [9.17, 15) is 23.9 Å². The van der Waals surface area contributed by atoms with Gasteiger partial charge in [0, 0.05) is 17.9 Å². The molecule has 142 valence electrons. The summed E-state index contributed by atoms with van der Waals surface area (Å²) in [5, 5.41) is 13.3. The number of carbonyl (C=O) groups is 2. The van der Waals surface area contributed by atoms with Gasteiger partial charge in [0.25, 0.3) is 11.6 Å². The van der Waals surface area contributed by atoms with Crippen LogP contribution in [0.5, 0.6) is 0 Å². The lowest BCUT2D eigenvalue weighted by Crippen LogP contribution is -2.22. The zero-order valence-corrected chi connectivity index (χ0v) is 15.6. The maximum absolute atomic E-state index is 12.2. The van der Waals surface area contributed by atoms with Crippen molar-refractivity contribution in [3.05, 3.63) is 63.7 Å². The highest BCUT2D eigenvalue weighted by atomic mass is 32.2. The molecule has 0 aliphatic rings. The van der Waals surface area contributed by atoms with E-state index in [2.05, 4.69) is 5.32 Å². The molecule has 2 aromatic rings. The van der Waals surface area contributed by atoms with E-state index < -0.39 is 34.2 Å². The smallest absolute Gasteiger partial charge is 0.339 e. The molecular formula is C18H18N2O6S. The molecule has 1 atom stereocenters. The molecule has 0 heterocycles. The van der Waals surface area contributed by atoms with E-state index in [0.29, 0.717) is 16.2 Å². The molecule has 2 rings (SSSR count). The Kier molecular flexibility index (Phi) is 6.78. The first-order chi connectivity index (χ1) is 12.8. The van der Waals surface area contributed by atoms with Crippen molar-refractivity contribution in [2.45, 2.75) is 18.7 Å². The Hall–Kier alpha value is -3.07. The van der Waals surface area contributed by atoms with E-state index in [1.54, 1.807) is 32.0 Å². The SMILES string of the molecule is CC[S@@](=O)c1ccccc1C(=O)OCC(=O)Nc1cc([N+](=O)[O-])ccc1C. The Bertz CT molecular complexity index is 912. The summed E-state index contributed by atoms with van der Waals surface area (Å²) >= 11 is 0. The molecule has 8 nitrogen and oxygen atoms in total. The third kappa shape index (κ3) is 5.20. The second-order valence-electron chi connectivity index (χ2n) is 5.51. The van der Waals surface area contributed by atoms with E-state index in [1.807, 2.05) is 0 Å². The van der Waals surface area contributed by atoms with Crippen LogP contribution in [0, 0.1) is 17.0 Å². The number of nitro groups is 1. The number of nitrogens with zero attached hydrogens (tertiary/aromatic N) is 1. The number of nitrogens with one attached hydrogen (secondary N) is 1. The Morgan fingerprint density at radius 2 is 1.93 bits per heavy atom. The number of esters is 1. The Labute approximate surface area is 158 Å². The molecule has 0 fully saturated rings. The molecule has 2 aromatic carbocycles. The second kappa shape index (κ2) is 9.04. The maximum atomic E-state index is 12.2. The molecule has 0 spiro atoms. The van der Waals surface area contributed by atoms with Crippen LogP contribution in [-0.2, 0) is 20.3 Å². The van der Waals surface area contributed by atoms with Crippen LogP contribution in [0.15, 0.2) is 47.4 Å². The topological polar surface area (TPSA) is 116 Å². The van der Waals surface area contributed by atoms with Gasteiger partial charge in [-0.25, -0.2) is 4.79 Å². The second-order valence-corrected chi connectivity index (χ2v) is 7.22. The number of amides is 1. The van der Waals surface area contributed by atoms with Crippen molar-refractivity contribution < 1.29 is 23.5 Å². The van der Waals surface area contributed by atoms with Crippen LogP contribution in [0.2, 0.25) is 0 Å². The molecule has 0 bridgehead atoms. The first-order valence-electron chi connectivity index (χ1n) is 8.03. The van der Waals surface area contributed by atoms with Crippen LogP contribution >= 0.6 is 0 Å². The predicted molar refractivity (Wildman–Crippen MR) is 100 cm³/mol. The zero-order valence-electron chi connectivity index (χ0n) is 14.8. The third-order valence-corrected chi connectivity index (χ3v) is 5.03. The summed E-state index contributed by atoms with van der Waals surface area (Å²) in [6, 6.07) is 10.4. The number of anilines is 1. The molecule has 0 aromatic heterocycles. The fourth-order valence-electron chi connectivity index (χ4n) is 2.24. The number of benzene rings is 2. The van der Waals surface area contributed by atoms with Crippen molar-refractivity contribution >= 4 is 34.1 Å². The lowest BCUT2D eigenvalue weighted by Gasteiger charge is -2.10. The van der Waals surface area contributed by atoms with Crippen molar-refractivity contribution in [1.82, 2.24) is 0 Å². The molecule has 0 radical (unpaired) electrons. The van der Waals surface area contributed by atoms with E-state index >= 15 is 0 Å². The highest BCUT2D eigenvalue weighted by Gasteiger charge is 2.18. The van der Waals surface area contributed by atoms with Gasteiger partial charge in [-0.2, -0.15) is 0 Å². The van der Waals surface area contributed by atoms with Crippen molar-refractivity contribution in [3.8, 4) is 0 Å². The van der Waals surface area contributed by atoms with Crippen LogP contribution in [0.25, 0.3) is 0 Å². The number of hydrogen-bond acceptors (Lipinski definition) is 6.